The Kier molecular flexibility index (Phi) is 5.98. The van der Waals surface area contributed by atoms with Gasteiger partial charge in [0, 0.05) is 46.7 Å². The van der Waals surface area contributed by atoms with E-state index in [1.54, 1.807) is 36.9 Å². The van der Waals surface area contributed by atoms with E-state index in [0.29, 0.717) is 28.6 Å². The molecule has 1 aliphatic carbocycles. The molecule has 0 bridgehead atoms. The highest BCUT2D eigenvalue weighted by Gasteiger charge is 2.36. The van der Waals surface area contributed by atoms with Gasteiger partial charge in [-0.3, -0.25) is 0 Å². The molecule has 1 fully saturated rings. The topological polar surface area (TPSA) is 89.4 Å². The van der Waals surface area contributed by atoms with Gasteiger partial charge in [0.25, 0.3) is 0 Å². The summed E-state index contributed by atoms with van der Waals surface area (Å²) < 4.78 is 49.3. The Hall–Kier alpha value is -2.88. The van der Waals surface area contributed by atoms with Crippen molar-refractivity contribution in [3.05, 3.63) is 42.4 Å². The summed E-state index contributed by atoms with van der Waals surface area (Å²) in [6, 6.07) is 7.17. The first kappa shape index (κ1) is 22.3. The molecule has 7 nitrogen and oxygen atoms in total. The number of ether oxygens (including phenoxy) is 1. The first-order chi connectivity index (χ1) is 15.1. The number of hydrogen-bond acceptors (Lipinski definition) is 7. The molecular weight excluding hydrogens is 436 g/mol. The maximum absolute atomic E-state index is 13.5. The second kappa shape index (κ2) is 8.57. The standard InChI is InChI=1S/C22H25F2N5O2S/c1-14-11-15(29-32(2,3)30)12-18-19(14)20(27-13-26-18)28-17-5-4-10-25-21(17)31-16-6-8-22(23,24)9-7-16/h4-5,10-13,16H,6-9H2,1-3H3,(H,26,27,28). The number of fused-ring (bicyclic) bond motifs is 1. The number of pyridine rings is 1. The number of nitrogens with one attached hydrogen (secondary N) is 1. The van der Waals surface area contributed by atoms with Gasteiger partial charge in [0.2, 0.25) is 11.8 Å². The van der Waals surface area contributed by atoms with Crippen LogP contribution in [0.1, 0.15) is 31.2 Å². The third kappa shape index (κ3) is 5.29. The van der Waals surface area contributed by atoms with Crippen molar-refractivity contribution < 1.29 is 17.7 Å². The molecule has 4 rings (SSSR count). The Balaban J connectivity index is 1.64. The van der Waals surface area contributed by atoms with Crippen molar-refractivity contribution in [1.82, 2.24) is 15.0 Å². The Bertz CT molecular complexity index is 1260. The van der Waals surface area contributed by atoms with E-state index >= 15 is 0 Å². The first-order valence-electron chi connectivity index (χ1n) is 10.3. The van der Waals surface area contributed by atoms with Gasteiger partial charge in [-0.2, -0.15) is 4.36 Å². The van der Waals surface area contributed by atoms with Gasteiger partial charge in [0.1, 0.15) is 23.9 Å². The fourth-order valence-corrected chi connectivity index (χ4v) is 4.38. The Labute approximate surface area is 185 Å². The molecule has 0 aliphatic heterocycles. The lowest BCUT2D eigenvalue weighted by Gasteiger charge is -2.28. The first-order valence-corrected chi connectivity index (χ1v) is 12.6. The van der Waals surface area contributed by atoms with Crippen LogP contribution in [0.4, 0.5) is 26.0 Å². The largest absolute Gasteiger partial charge is 0.473 e. The summed E-state index contributed by atoms with van der Waals surface area (Å²) in [6.07, 6.45) is 6.08. The van der Waals surface area contributed by atoms with Gasteiger partial charge >= 0.3 is 0 Å². The maximum atomic E-state index is 13.5. The highest BCUT2D eigenvalue weighted by atomic mass is 32.2. The highest BCUT2D eigenvalue weighted by molar-refractivity contribution is 7.92. The highest BCUT2D eigenvalue weighted by Crippen LogP contribution is 2.37. The summed E-state index contributed by atoms with van der Waals surface area (Å²) in [4.78, 5) is 13.0. The minimum atomic E-state index is -2.61. The zero-order chi connectivity index (χ0) is 22.9. The molecule has 0 unspecified atom stereocenters. The molecule has 0 radical (unpaired) electrons. The predicted molar refractivity (Wildman–Crippen MR) is 122 cm³/mol. The molecule has 0 saturated heterocycles. The SMILES string of the molecule is Cc1cc(N=S(C)(C)=O)cc2ncnc(Nc3cccnc3OC3CCC(F)(F)CC3)c12. The molecule has 32 heavy (non-hydrogen) atoms. The molecule has 3 aromatic rings. The van der Waals surface area contributed by atoms with Gasteiger partial charge in [-0.05, 0) is 49.6 Å². The molecule has 1 aromatic carbocycles. The van der Waals surface area contributed by atoms with Crippen LogP contribution < -0.4 is 10.1 Å². The van der Waals surface area contributed by atoms with Crippen LogP contribution in [0.25, 0.3) is 10.9 Å². The molecule has 1 aliphatic rings. The minimum Gasteiger partial charge on any atom is -0.473 e. The summed E-state index contributed by atoms with van der Waals surface area (Å²) in [7, 11) is -2.30. The van der Waals surface area contributed by atoms with Gasteiger partial charge in [-0.25, -0.2) is 27.9 Å². The zero-order valence-corrected chi connectivity index (χ0v) is 19.0. The van der Waals surface area contributed by atoms with Crippen molar-refractivity contribution in [1.29, 1.82) is 0 Å². The number of aryl methyl sites for hydroxylation is 1. The lowest BCUT2D eigenvalue weighted by atomic mass is 9.94. The Morgan fingerprint density at radius 2 is 1.94 bits per heavy atom. The van der Waals surface area contributed by atoms with Gasteiger partial charge in [0.05, 0.1) is 11.2 Å². The number of aromatic nitrogens is 3. The van der Waals surface area contributed by atoms with Crippen molar-refractivity contribution in [3.8, 4) is 5.88 Å². The summed E-state index contributed by atoms with van der Waals surface area (Å²) in [5.74, 6) is -1.72. The van der Waals surface area contributed by atoms with Gasteiger partial charge in [-0.15, -0.1) is 0 Å². The van der Waals surface area contributed by atoms with E-state index in [0.717, 1.165) is 10.9 Å². The van der Waals surface area contributed by atoms with Crippen molar-refractivity contribution in [2.75, 3.05) is 17.8 Å². The van der Waals surface area contributed by atoms with Crippen molar-refractivity contribution in [3.63, 3.8) is 0 Å². The third-order valence-corrected chi connectivity index (χ3v) is 5.86. The number of benzene rings is 1. The molecule has 0 atom stereocenters. The fraction of sp³-hybridized carbons (Fsp3) is 0.409. The molecule has 170 valence electrons. The van der Waals surface area contributed by atoms with Crippen LogP contribution in [-0.2, 0) is 9.73 Å². The van der Waals surface area contributed by atoms with E-state index in [9.17, 15) is 13.0 Å². The molecular formula is C22H25F2N5O2S. The summed E-state index contributed by atoms with van der Waals surface area (Å²) in [5, 5.41) is 4.05. The normalized spacial score (nSPS) is 16.7. The summed E-state index contributed by atoms with van der Waals surface area (Å²) >= 11 is 0. The Morgan fingerprint density at radius 1 is 1.19 bits per heavy atom. The smallest absolute Gasteiger partial charge is 0.248 e. The van der Waals surface area contributed by atoms with Gasteiger partial charge in [-0.1, -0.05) is 0 Å². The lowest BCUT2D eigenvalue weighted by molar-refractivity contribution is -0.0587. The quantitative estimate of drug-likeness (QED) is 0.548. The number of alkyl halides is 2. The molecule has 1 saturated carbocycles. The van der Waals surface area contributed by atoms with Crippen LogP contribution in [0.2, 0.25) is 0 Å². The Morgan fingerprint density at radius 3 is 2.66 bits per heavy atom. The molecule has 2 heterocycles. The van der Waals surface area contributed by atoms with Gasteiger partial charge in [0.15, 0.2) is 0 Å². The van der Waals surface area contributed by atoms with E-state index in [-0.39, 0.29) is 31.8 Å². The summed E-state index contributed by atoms with van der Waals surface area (Å²) in [6.45, 7) is 1.91. The van der Waals surface area contributed by atoms with E-state index < -0.39 is 15.7 Å². The van der Waals surface area contributed by atoms with Crippen LogP contribution in [-0.4, -0.2) is 43.7 Å². The molecule has 2 aromatic heterocycles. The number of anilines is 2. The average molecular weight is 462 g/mol. The van der Waals surface area contributed by atoms with Crippen LogP contribution >= 0.6 is 0 Å². The lowest BCUT2D eigenvalue weighted by Crippen LogP contribution is -2.31. The van der Waals surface area contributed by atoms with E-state index in [2.05, 4.69) is 24.6 Å². The van der Waals surface area contributed by atoms with Crippen LogP contribution in [0.15, 0.2) is 41.2 Å². The van der Waals surface area contributed by atoms with Crippen molar-refractivity contribution >= 4 is 37.8 Å². The van der Waals surface area contributed by atoms with E-state index in [1.807, 2.05) is 13.0 Å². The second-order valence-corrected chi connectivity index (χ2v) is 10.9. The summed E-state index contributed by atoms with van der Waals surface area (Å²) in [5.41, 5.74) is 2.71. The number of hydrogen-bond donors (Lipinski definition) is 1. The second-order valence-electron chi connectivity index (χ2n) is 8.31. The van der Waals surface area contributed by atoms with Gasteiger partial charge < -0.3 is 10.1 Å². The third-order valence-electron chi connectivity index (χ3n) is 5.21. The minimum absolute atomic E-state index is 0.182. The van der Waals surface area contributed by atoms with Crippen molar-refractivity contribution in [2.45, 2.75) is 44.6 Å². The maximum Gasteiger partial charge on any atom is 0.248 e. The van der Waals surface area contributed by atoms with E-state index in [1.165, 1.54) is 6.33 Å². The molecule has 0 spiro atoms. The van der Waals surface area contributed by atoms with Crippen molar-refractivity contribution in [2.24, 2.45) is 4.36 Å². The predicted octanol–water partition coefficient (Wildman–Crippen LogP) is 5.39. The number of rotatable bonds is 5. The van der Waals surface area contributed by atoms with Crippen LogP contribution in [0, 0.1) is 6.92 Å². The molecule has 1 N–H and O–H groups in total. The van der Waals surface area contributed by atoms with Crippen LogP contribution in [0.3, 0.4) is 0 Å². The molecule has 10 heteroatoms. The number of halogens is 2. The monoisotopic (exact) mass is 461 g/mol. The molecule has 0 amide bonds. The van der Waals surface area contributed by atoms with Crippen LogP contribution in [0.5, 0.6) is 5.88 Å². The average Bonchev–Trinajstić information content (AvgIpc) is 2.69. The zero-order valence-electron chi connectivity index (χ0n) is 18.1. The fourth-order valence-electron chi connectivity index (χ4n) is 3.77. The number of nitrogens with zero attached hydrogens (tertiary/aromatic N) is 4. The van der Waals surface area contributed by atoms with E-state index in [4.69, 9.17) is 4.74 Å².